The second-order valence-corrected chi connectivity index (χ2v) is 8.69. The number of hydrogen-bond donors (Lipinski definition) is 2. The van der Waals surface area contributed by atoms with Gasteiger partial charge < -0.3 is 9.88 Å². The zero-order valence-corrected chi connectivity index (χ0v) is 19.9. The Morgan fingerprint density at radius 1 is 1.09 bits per heavy atom. The second kappa shape index (κ2) is 11.5. The minimum atomic E-state index is -0.237. The van der Waals surface area contributed by atoms with Crippen LogP contribution in [0.5, 0.6) is 0 Å². The predicted molar refractivity (Wildman–Crippen MR) is 139 cm³/mol. The van der Waals surface area contributed by atoms with Crippen molar-refractivity contribution < 1.29 is 4.79 Å². The van der Waals surface area contributed by atoms with Gasteiger partial charge in [0.2, 0.25) is 0 Å². The lowest BCUT2D eigenvalue weighted by Crippen LogP contribution is -2.20. The SMILES string of the molecule is C=CCn1c(CNc2cccc3ccccc23)nnc1SCC(=O)NN=Cc1ccc(Cl)cc1. The second-order valence-electron chi connectivity index (χ2n) is 7.31. The molecular weight excluding hydrogens is 468 g/mol. The third-order valence-corrected chi connectivity index (χ3v) is 6.16. The van der Waals surface area contributed by atoms with Gasteiger partial charge in [0.15, 0.2) is 11.0 Å². The topological polar surface area (TPSA) is 84.2 Å². The van der Waals surface area contributed by atoms with E-state index < -0.39 is 0 Å². The molecule has 0 bridgehead atoms. The smallest absolute Gasteiger partial charge is 0.250 e. The number of allylic oxidation sites excluding steroid dienone is 1. The van der Waals surface area contributed by atoms with E-state index in [1.165, 1.54) is 17.1 Å². The van der Waals surface area contributed by atoms with Crippen LogP contribution in [0.25, 0.3) is 10.8 Å². The first-order valence-corrected chi connectivity index (χ1v) is 12.0. The number of nitrogens with one attached hydrogen (secondary N) is 2. The van der Waals surface area contributed by atoms with E-state index in [1.807, 2.05) is 41.0 Å². The molecule has 0 aliphatic heterocycles. The molecule has 4 rings (SSSR count). The minimum Gasteiger partial charge on any atom is -0.377 e. The molecule has 34 heavy (non-hydrogen) atoms. The zero-order valence-electron chi connectivity index (χ0n) is 18.3. The van der Waals surface area contributed by atoms with Gasteiger partial charge in [-0.2, -0.15) is 5.10 Å². The van der Waals surface area contributed by atoms with Crippen molar-refractivity contribution in [2.45, 2.75) is 18.2 Å². The van der Waals surface area contributed by atoms with Crippen molar-refractivity contribution in [3.8, 4) is 0 Å². The summed E-state index contributed by atoms with van der Waals surface area (Å²) in [4.78, 5) is 12.2. The van der Waals surface area contributed by atoms with Crippen LogP contribution in [0.15, 0.2) is 89.6 Å². The average molecular weight is 491 g/mol. The molecule has 2 N–H and O–H groups in total. The molecular formula is C25H23ClN6OS. The summed E-state index contributed by atoms with van der Waals surface area (Å²) in [5.74, 6) is 0.680. The standard InChI is InChI=1S/C25H23ClN6OS/c1-2-14-32-23(16-27-22-9-5-7-19-6-3-4-8-21(19)22)29-31-25(32)34-17-24(33)30-28-15-18-10-12-20(26)13-11-18/h2-13,15,27H,1,14,16-17H2,(H,30,33). The van der Waals surface area contributed by atoms with Gasteiger partial charge in [0.25, 0.3) is 5.91 Å². The van der Waals surface area contributed by atoms with Crippen LogP contribution in [-0.4, -0.2) is 32.6 Å². The van der Waals surface area contributed by atoms with Crippen LogP contribution in [0, 0.1) is 0 Å². The van der Waals surface area contributed by atoms with Crippen molar-refractivity contribution in [2.24, 2.45) is 5.10 Å². The van der Waals surface area contributed by atoms with E-state index in [4.69, 9.17) is 11.6 Å². The molecule has 172 valence electrons. The van der Waals surface area contributed by atoms with Crippen LogP contribution in [0.3, 0.4) is 0 Å². The van der Waals surface area contributed by atoms with E-state index >= 15 is 0 Å². The molecule has 0 saturated carbocycles. The number of fused-ring (bicyclic) bond motifs is 1. The highest BCUT2D eigenvalue weighted by molar-refractivity contribution is 7.99. The van der Waals surface area contributed by atoms with Crippen LogP contribution in [-0.2, 0) is 17.9 Å². The largest absolute Gasteiger partial charge is 0.377 e. The molecule has 0 saturated heterocycles. The number of halogens is 1. The molecule has 1 amide bonds. The van der Waals surface area contributed by atoms with Crippen molar-refractivity contribution in [1.82, 2.24) is 20.2 Å². The molecule has 0 fully saturated rings. The van der Waals surface area contributed by atoms with Crippen molar-refractivity contribution in [2.75, 3.05) is 11.1 Å². The van der Waals surface area contributed by atoms with Gasteiger partial charge >= 0.3 is 0 Å². The van der Waals surface area contributed by atoms with Crippen LogP contribution in [0.2, 0.25) is 5.02 Å². The fourth-order valence-electron chi connectivity index (χ4n) is 3.31. The lowest BCUT2D eigenvalue weighted by Gasteiger charge is -2.11. The maximum absolute atomic E-state index is 12.2. The van der Waals surface area contributed by atoms with Crippen LogP contribution in [0.1, 0.15) is 11.4 Å². The van der Waals surface area contributed by atoms with E-state index in [1.54, 1.807) is 24.4 Å². The Morgan fingerprint density at radius 2 is 1.88 bits per heavy atom. The lowest BCUT2D eigenvalue weighted by molar-refractivity contribution is -0.118. The van der Waals surface area contributed by atoms with E-state index in [-0.39, 0.29) is 11.7 Å². The monoisotopic (exact) mass is 490 g/mol. The van der Waals surface area contributed by atoms with Gasteiger partial charge in [-0.25, -0.2) is 5.43 Å². The molecule has 0 aliphatic carbocycles. The number of carbonyl (C=O) groups excluding carboxylic acids is 1. The van der Waals surface area contributed by atoms with Crippen LogP contribution >= 0.6 is 23.4 Å². The zero-order chi connectivity index (χ0) is 23.8. The number of hydrogen-bond acceptors (Lipinski definition) is 6. The summed E-state index contributed by atoms with van der Waals surface area (Å²) < 4.78 is 1.94. The summed E-state index contributed by atoms with van der Waals surface area (Å²) in [6.07, 6.45) is 3.35. The summed E-state index contributed by atoms with van der Waals surface area (Å²) in [5, 5.41) is 19.6. The first kappa shape index (κ1) is 23.5. The number of benzene rings is 3. The van der Waals surface area contributed by atoms with Crippen LogP contribution < -0.4 is 10.7 Å². The van der Waals surface area contributed by atoms with Crippen LogP contribution in [0.4, 0.5) is 5.69 Å². The van der Waals surface area contributed by atoms with Gasteiger partial charge in [-0.15, -0.1) is 16.8 Å². The summed E-state index contributed by atoms with van der Waals surface area (Å²) in [6.45, 7) is 4.87. The molecule has 1 aromatic heterocycles. The van der Waals surface area contributed by atoms with Crippen molar-refractivity contribution in [3.63, 3.8) is 0 Å². The fourth-order valence-corrected chi connectivity index (χ4v) is 4.20. The average Bonchev–Trinajstić information content (AvgIpc) is 3.24. The fraction of sp³-hybridized carbons (Fsp3) is 0.120. The van der Waals surface area contributed by atoms with E-state index in [0.29, 0.717) is 23.3 Å². The molecule has 0 radical (unpaired) electrons. The quantitative estimate of drug-likeness (QED) is 0.139. The summed E-state index contributed by atoms with van der Waals surface area (Å²) in [6, 6.07) is 21.5. The number of hydrazone groups is 1. The van der Waals surface area contributed by atoms with Crippen molar-refractivity contribution >= 4 is 51.9 Å². The Kier molecular flexibility index (Phi) is 7.95. The Bertz CT molecular complexity index is 1310. The lowest BCUT2D eigenvalue weighted by atomic mass is 10.1. The molecule has 0 unspecified atom stereocenters. The number of anilines is 1. The Labute approximate surface area is 206 Å². The number of thioether (sulfide) groups is 1. The normalized spacial score (nSPS) is 11.1. The van der Waals surface area contributed by atoms with E-state index in [2.05, 4.69) is 50.8 Å². The number of carbonyl (C=O) groups is 1. The maximum Gasteiger partial charge on any atom is 0.250 e. The first-order chi connectivity index (χ1) is 16.6. The first-order valence-electron chi connectivity index (χ1n) is 10.6. The number of amides is 1. The van der Waals surface area contributed by atoms with Gasteiger partial charge in [-0.3, -0.25) is 4.79 Å². The molecule has 9 heteroatoms. The Balaban J connectivity index is 1.36. The Hall–Kier alpha value is -3.62. The highest BCUT2D eigenvalue weighted by atomic mass is 35.5. The molecule has 3 aromatic carbocycles. The van der Waals surface area contributed by atoms with Gasteiger partial charge in [-0.05, 0) is 29.1 Å². The number of rotatable bonds is 10. The summed E-state index contributed by atoms with van der Waals surface area (Å²) in [5.41, 5.74) is 4.39. The van der Waals surface area contributed by atoms with Crippen molar-refractivity contribution in [3.05, 3.63) is 95.8 Å². The molecule has 0 aliphatic rings. The third kappa shape index (κ3) is 6.03. The molecule has 0 spiro atoms. The molecule has 0 atom stereocenters. The third-order valence-electron chi connectivity index (χ3n) is 4.94. The molecule has 7 nitrogen and oxygen atoms in total. The van der Waals surface area contributed by atoms with Crippen molar-refractivity contribution in [1.29, 1.82) is 0 Å². The predicted octanol–water partition coefficient (Wildman–Crippen LogP) is 5.13. The van der Waals surface area contributed by atoms with Gasteiger partial charge in [-0.1, -0.05) is 78.0 Å². The summed E-state index contributed by atoms with van der Waals surface area (Å²) in [7, 11) is 0. The Morgan fingerprint density at radius 3 is 2.71 bits per heavy atom. The van der Waals surface area contributed by atoms with E-state index in [0.717, 1.165) is 22.5 Å². The van der Waals surface area contributed by atoms with Gasteiger partial charge in [0.05, 0.1) is 18.5 Å². The molecule has 1 heterocycles. The number of nitrogens with zero attached hydrogens (tertiary/aromatic N) is 4. The highest BCUT2D eigenvalue weighted by Gasteiger charge is 2.13. The number of aromatic nitrogens is 3. The van der Waals surface area contributed by atoms with Gasteiger partial charge in [0.1, 0.15) is 0 Å². The summed E-state index contributed by atoms with van der Waals surface area (Å²) >= 11 is 7.17. The van der Waals surface area contributed by atoms with E-state index in [9.17, 15) is 4.79 Å². The molecule has 4 aromatic rings. The van der Waals surface area contributed by atoms with Gasteiger partial charge in [0, 0.05) is 22.6 Å². The maximum atomic E-state index is 12.2. The minimum absolute atomic E-state index is 0.157. The highest BCUT2D eigenvalue weighted by Crippen LogP contribution is 2.24.